The number of hydrogen-bond donors (Lipinski definition) is 1. The molecule has 2 heterocycles. The summed E-state index contributed by atoms with van der Waals surface area (Å²) in [5, 5.41) is 9.35. The van der Waals surface area contributed by atoms with Crippen LogP contribution in [0.1, 0.15) is 64.4 Å². The first-order valence-corrected chi connectivity index (χ1v) is 12.9. The van der Waals surface area contributed by atoms with Crippen molar-refractivity contribution in [3.8, 4) is 5.75 Å². The van der Waals surface area contributed by atoms with Gasteiger partial charge in [-0.2, -0.15) is 0 Å². The highest BCUT2D eigenvalue weighted by Gasteiger charge is 2.22. The molecule has 176 valence electrons. The minimum absolute atomic E-state index is 0.0700. The second-order valence-corrected chi connectivity index (χ2v) is 10.5. The van der Waals surface area contributed by atoms with Crippen molar-refractivity contribution in [2.24, 2.45) is 0 Å². The molecule has 1 aromatic rings. The highest BCUT2D eigenvalue weighted by Crippen LogP contribution is 2.25. The number of pyridine rings is 1. The van der Waals surface area contributed by atoms with Gasteiger partial charge in [0.25, 0.3) is 0 Å². The van der Waals surface area contributed by atoms with Crippen LogP contribution < -0.4 is 4.74 Å². The summed E-state index contributed by atoms with van der Waals surface area (Å²) in [7, 11) is -3.25. The van der Waals surface area contributed by atoms with Crippen LogP contribution in [0.15, 0.2) is 17.3 Å². The Kier molecular flexibility index (Phi) is 9.55. The maximum absolute atomic E-state index is 11.5. The Hall–Kier alpha value is -1.87. The number of aryl methyl sites for hydroxylation is 1. The van der Waals surface area contributed by atoms with Crippen molar-refractivity contribution in [3.05, 3.63) is 17.8 Å². The van der Waals surface area contributed by atoms with Gasteiger partial charge in [-0.3, -0.25) is 0 Å². The van der Waals surface area contributed by atoms with E-state index in [-0.39, 0.29) is 29.4 Å². The average Bonchev–Trinajstić information content (AvgIpc) is 2.68. The number of likely N-dealkylation sites (tertiary alicyclic amines) is 1. The van der Waals surface area contributed by atoms with Crippen LogP contribution in [-0.2, 0) is 14.6 Å². The number of nitrogens with zero attached hydrogens (tertiary/aromatic N) is 2. The predicted octanol–water partition coefficient (Wildman–Crippen LogP) is 3.49. The fraction of sp³-hybridized carbons (Fsp3) is 0.727. The molecule has 0 unspecified atom stereocenters. The molecule has 1 aliphatic carbocycles. The van der Waals surface area contributed by atoms with Crippen LogP contribution >= 0.6 is 0 Å². The zero-order chi connectivity index (χ0) is 23.0. The molecule has 0 spiro atoms. The van der Waals surface area contributed by atoms with Crippen molar-refractivity contribution < 1.29 is 27.8 Å². The molecule has 8 nitrogen and oxygen atoms in total. The quantitative estimate of drug-likeness (QED) is 0.739. The molecule has 1 amide bonds. The number of ether oxygens (including phenoxy) is 2. The molecule has 0 bridgehead atoms. The summed E-state index contributed by atoms with van der Waals surface area (Å²) >= 11 is 0. The molecule has 1 N–H and O–H groups in total. The normalized spacial score (nSPS) is 18.3. The van der Waals surface area contributed by atoms with Gasteiger partial charge in [0.05, 0.1) is 24.5 Å². The summed E-state index contributed by atoms with van der Waals surface area (Å²) < 4.78 is 33.8. The molecule has 0 radical (unpaired) electrons. The molecule has 9 heteroatoms. The van der Waals surface area contributed by atoms with E-state index in [2.05, 4.69) is 4.98 Å². The van der Waals surface area contributed by atoms with E-state index in [0.29, 0.717) is 37.2 Å². The number of aromatic nitrogens is 1. The highest BCUT2D eigenvalue weighted by atomic mass is 32.2. The number of hydrogen-bond acceptors (Lipinski definition) is 7. The van der Waals surface area contributed by atoms with Gasteiger partial charge in [-0.05, 0) is 70.9 Å². The molecule has 1 saturated heterocycles. The number of sulfone groups is 1. The number of amides is 1. The van der Waals surface area contributed by atoms with E-state index in [0.717, 1.165) is 12.8 Å². The van der Waals surface area contributed by atoms with E-state index in [4.69, 9.17) is 9.47 Å². The molecular weight excluding hydrogens is 420 g/mol. The average molecular weight is 457 g/mol. The minimum atomic E-state index is -3.25. The predicted molar refractivity (Wildman–Crippen MR) is 118 cm³/mol. The number of aliphatic hydroxyl groups excluding tert-OH is 1. The molecule has 3 rings (SSSR count). The third-order valence-electron chi connectivity index (χ3n) is 5.27. The molecule has 1 aliphatic heterocycles. The second-order valence-electron chi connectivity index (χ2n) is 8.59. The summed E-state index contributed by atoms with van der Waals surface area (Å²) in [5.41, 5.74) is 0.644. The van der Waals surface area contributed by atoms with Gasteiger partial charge in [-0.25, -0.2) is 18.2 Å². The van der Waals surface area contributed by atoms with Crippen LogP contribution in [0.5, 0.6) is 5.75 Å². The Balaban J connectivity index is 0.000000233. The van der Waals surface area contributed by atoms with Crippen LogP contribution in [-0.4, -0.2) is 67.2 Å². The maximum atomic E-state index is 11.5. The topological polar surface area (TPSA) is 106 Å². The van der Waals surface area contributed by atoms with Gasteiger partial charge >= 0.3 is 6.09 Å². The standard InChI is InChI=1S/C13H19NO3S.C9H17NO3/c1-10-8-12(9-14-13(10)18(2,15)16)17-11-6-4-3-5-7-11;1-7(2)13-9(12)10-5-3-8(11)4-6-10/h8-9,11H,3-7H2,1-2H3;7-8,11H,3-6H2,1-2H3. The number of carbonyl (C=O) groups excluding carboxylic acids is 1. The zero-order valence-electron chi connectivity index (χ0n) is 19.0. The van der Waals surface area contributed by atoms with Crippen molar-refractivity contribution in [2.75, 3.05) is 19.3 Å². The summed E-state index contributed by atoms with van der Waals surface area (Å²) in [6.07, 6.45) is 9.52. The highest BCUT2D eigenvalue weighted by molar-refractivity contribution is 7.90. The lowest BCUT2D eigenvalue weighted by Gasteiger charge is -2.29. The van der Waals surface area contributed by atoms with Crippen molar-refractivity contribution >= 4 is 15.9 Å². The van der Waals surface area contributed by atoms with Crippen LogP contribution in [0.3, 0.4) is 0 Å². The largest absolute Gasteiger partial charge is 0.489 e. The first-order valence-electron chi connectivity index (χ1n) is 11.0. The third-order valence-corrected chi connectivity index (χ3v) is 6.40. The molecule has 2 aliphatic rings. The van der Waals surface area contributed by atoms with Gasteiger partial charge in [-0.15, -0.1) is 0 Å². The smallest absolute Gasteiger partial charge is 0.410 e. The van der Waals surface area contributed by atoms with Crippen molar-refractivity contribution in [1.29, 1.82) is 0 Å². The molecule has 0 aromatic carbocycles. The summed E-state index contributed by atoms with van der Waals surface area (Å²) in [6, 6.07) is 1.76. The van der Waals surface area contributed by atoms with Crippen LogP contribution in [0.4, 0.5) is 4.79 Å². The third kappa shape index (κ3) is 8.65. The Morgan fingerprint density at radius 1 is 1.16 bits per heavy atom. The summed E-state index contributed by atoms with van der Waals surface area (Å²) in [6.45, 7) is 6.62. The monoisotopic (exact) mass is 456 g/mol. The van der Waals surface area contributed by atoms with Crippen molar-refractivity contribution in [2.45, 2.75) is 89.1 Å². The number of piperidine rings is 1. The van der Waals surface area contributed by atoms with Gasteiger partial charge in [-0.1, -0.05) is 6.42 Å². The van der Waals surface area contributed by atoms with Crippen molar-refractivity contribution in [3.63, 3.8) is 0 Å². The number of rotatable bonds is 4. The Morgan fingerprint density at radius 3 is 2.29 bits per heavy atom. The first kappa shape index (κ1) is 25.4. The van der Waals surface area contributed by atoms with Crippen LogP contribution in [0.25, 0.3) is 0 Å². The fourth-order valence-corrected chi connectivity index (χ4v) is 4.58. The van der Waals surface area contributed by atoms with E-state index in [9.17, 15) is 18.3 Å². The van der Waals surface area contributed by atoms with E-state index < -0.39 is 9.84 Å². The molecule has 2 fully saturated rings. The molecule has 31 heavy (non-hydrogen) atoms. The Labute approximate surface area is 185 Å². The Bertz CT molecular complexity index is 813. The van der Waals surface area contributed by atoms with Crippen molar-refractivity contribution in [1.82, 2.24) is 9.88 Å². The van der Waals surface area contributed by atoms with E-state index in [1.807, 2.05) is 13.8 Å². The molecule has 1 aromatic heterocycles. The van der Waals surface area contributed by atoms with Gasteiger partial charge in [0.15, 0.2) is 14.9 Å². The number of aliphatic hydroxyl groups is 1. The van der Waals surface area contributed by atoms with E-state index >= 15 is 0 Å². The molecule has 1 saturated carbocycles. The van der Waals surface area contributed by atoms with Gasteiger partial charge < -0.3 is 19.5 Å². The summed E-state index contributed by atoms with van der Waals surface area (Å²) in [4.78, 5) is 17.0. The van der Waals surface area contributed by atoms with Gasteiger partial charge in [0, 0.05) is 19.3 Å². The lowest BCUT2D eigenvalue weighted by Crippen LogP contribution is -2.41. The Morgan fingerprint density at radius 2 is 1.77 bits per heavy atom. The maximum Gasteiger partial charge on any atom is 0.410 e. The van der Waals surface area contributed by atoms with E-state index in [1.54, 1.807) is 17.9 Å². The van der Waals surface area contributed by atoms with E-state index in [1.165, 1.54) is 31.7 Å². The summed E-state index contributed by atoms with van der Waals surface area (Å²) in [5.74, 6) is 0.673. The minimum Gasteiger partial charge on any atom is -0.489 e. The van der Waals surface area contributed by atoms with Gasteiger partial charge in [0.1, 0.15) is 5.75 Å². The number of carbonyl (C=O) groups is 1. The fourth-order valence-electron chi connectivity index (χ4n) is 3.69. The second kappa shape index (κ2) is 11.7. The molecular formula is C22H36N2O6S. The SMILES string of the molecule is CC(C)OC(=O)N1CCC(O)CC1.Cc1cc(OC2CCCCC2)cnc1S(C)(=O)=O. The lowest BCUT2D eigenvalue weighted by atomic mass is 9.98. The van der Waals surface area contributed by atoms with Gasteiger partial charge in [0.2, 0.25) is 0 Å². The first-order chi connectivity index (χ1) is 14.6. The van der Waals surface area contributed by atoms with Crippen LogP contribution in [0.2, 0.25) is 0 Å². The lowest BCUT2D eigenvalue weighted by molar-refractivity contribution is 0.0457. The molecule has 0 atom stereocenters. The van der Waals surface area contributed by atoms with Crippen LogP contribution in [0, 0.1) is 6.92 Å². The zero-order valence-corrected chi connectivity index (χ0v) is 19.9.